The zero-order chi connectivity index (χ0) is 18.6. The summed E-state index contributed by atoms with van der Waals surface area (Å²) in [6, 6.07) is 3.75. The predicted octanol–water partition coefficient (Wildman–Crippen LogP) is 0.282. The van der Waals surface area contributed by atoms with Crippen molar-refractivity contribution in [3.63, 3.8) is 0 Å². The van der Waals surface area contributed by atoms with Gasteiger partial charge in [0.15, 0.2) is 17.5 Å². The fourth-order valence-corrected chi connectivity index (χ4v) is 3.03. The van der Waals surface area contributed by atoms with Crippen molar-refractivity contribution in [2.75, 3.05) is 18.0 Å². The second kappa shape index (κ2) is 7.48. The lowest BCUT2D eigenvalue weighted by Crippen LogP contribution is -2.40. The lowest BCUT2D eigenvalue weighted by Gasteiger charge is -2.31. The average molecular weight is 369 g/mol. The van der Waals surface area contributed by atoms with Gasteiger partial charge < -0.3 is 14.7 Å². The van der Waals surface area contributed by atoms with Gasteiger partial charge >= 0.3 is 0 Å². The summed E-state index contributed by atoms with van der Waals surface area (Å²) in [6.07, 6.45) is 4.52. The molecule has 1 aliphatic rings. The van der Waals surface area contributed by atoms with Gasteiger partial charge in [-0.1, -0.05) is 5.16 Å². The molecule has 0 atom stereocenters. The Balaban J connectivity index is 1.28. The first kappa shape index (κ1) is 17.1. The van der Waals surface area contributed by atoms with Gasteiger partial charge in [-0.05, 0) is 31.9 Å². The van der Waals surface area contributed by atoms with Gasteiger partial charge in [0.05, 0.1) is 6.54 Å². The molecule has 11 heteroatoms. The molecule has 0 saturated carbocycles. The van der Waals surface area contributed by atoms with Gasteiger partial charge in [0, 0.05) is 19.0 Å². The van der Waals surface area contributed by atoms with Crippen LogP contribution in [0, 0.1) is 12.8 Å². The van der Waals surface area contributed by atoms with Crippen LogP contribution < -0.4 is 10.2 Å². The average Bonchev–Trinajstić information content (AvgIpc) is 3.38. The standard InChI is InChI=1S/C16H19N9O2/c1-11-20-15(27-23-11)8-18-16(26)12-4-6-24(7-5-12)13-2-3-14(22-21-13)25-10-17-9-19-25/h2-3,9-10,12H,4-8H2,1H3,(H,18,26). The minimum Gasteiger partial charge on any atom is -0.355 e. The van der Waals surface area contributed by atoms with E-state index in [4.69, 9.17) is 4.52 Å². The number of hydrogen-bond donors (Lipinski definition) is 1. The zero-order valence-corrected chi connectivity index (χ0v) is 14.8. The summed E-state index contributed by atoms with van der Waals surface area (Å²) < 4.78 is 6.56. The fraction of sp³-hybridized carbons (Fsp3) is 0.438. The van der Waals surface area contributed by atoms with Gasteiger partial charge in [0.2, 0.25) is 11.8 Å². The van der Waals surface area contributed by atoms with Crippen LogP contribution in [0.2, 0.25) is 0 Å². The van der Waals surface area contributed by atoms with Crippen LogP contribution in [0.3, 0.4) is 0 Å². The molecule has 0 unspecified atom stereocenters. The monoisotopic (exact) mass is 369 g/mol. The van der Waals surface area contributed by atoms with Gasteiger partial charge in [-0.15, -0.1) is 10.2 Å². The quantitative estimate of drug-likeness (QED) is 0.674. The van der Waals surface area contributed by atoms with E-state index in [2.05, 4.69) is 40.6 Å². The molecule has 0 bridgehead atoms. The lowest BCUT2D eigenvalue weighted by atomic mass is 9.96. The summed E-state index contributed by atoms with van der Waals surface area (Å²) in [4.78, 5) is 22.4. The first-order chi connectivity index (χ1) is 13.2. The van der Waals surface area contributed by atoms with Crippen LogP contribution in [0.1, 0.15) is 24.6 Å². The molecule has 1 fully saturated rings. The highest BCUT2D eigenvalue weighted by atomic mass is 16.5. The molecule has 0 aromatic carbocycles. The lowest BCUT2D eigenvalue weighted by molar-refractivity contribution is -0.125. The van der Waals surface area contributed by atoms with Crippen LogP contribution in [-0.2, 0) is 11.3 Å². The molecule has 1 N–H and O–H groups in total. The molecule has 1 aliphatic heterocycles. The molecule has 3 aromatic rings. The van der Waals surface area contributed by atoms with Crippen molar-refractivity contribution in [2.24, 2.45) is 5.92 Å². The van der Waals surface area contributed by atoms with Crippen LogP contribution in [0.4, 0.5) is 5.82 Å². The van der Waals surface area contributed by atoms with Gasteiger partial charge in [-0.25, -0.2) is 9.67 Å². The molecule has 140 valence electrons. The summed E-state index contributed by atoms with van der Waals surface area (Å²) >= 11 is 0. The van der Waals surface area contributed by atoms with Crippen LogP contribution in [-0.4, -0.2) is 54.1 Å². The number of aromatic nitrogens is 7. The molecule has 0 radical (unpaired) electrons. The minimum absolute atomic E-state index is 0.0121. The van der Waals surface area contributed by atoms with Crippen molar-refractivity contribution in [1.29, 1.82) is 0 Å². The number of rotatable bonds is 5. The van der Waals surface area contributed by atoms with Crippen LogP contribution in [0.5, 0.6) is 0 Å². The van der Waals surface area contributed by atoms with Crippen molar-refractivity contribution in [3.05, 3.63) is 36.5 Å². The number of anilines is 1. The molecule has 3 aromatic heterocycles. The number of nitrogens with zero attached hydrogens (tertiary/aromatic N) is 8. The zero-order valence-electron chi connectivity index (χ0n) is 14.8. The topological polar surface area (TPSA) is 128 Å². The van der Waals surface area contributed by atoms with Crippen molar-refractivity contribution >= 4 is 11.7 Å². The first-order valence-corrected chi connectivity index (χ1v) is 8.69. The van der Waals surface area contributed by atoms with E-state index < -0.39 is 0 Å². The van der Waals surface area contributed by atoms with E-state index in [1.165, 1.54) is 6.33 Å². The van der Waals surface area contributed by atoms with Crippen molar-refractivity contribution in [3.8, 4) is 5.82 Å². The number of hydrogen-bond acceptors (Lipinski definition) is 9. The number of aryl methyl sites for hydroxylation is 1. The van der Waals surface area contributed by atoms with E-state index >= 15 is 0 Å². The summed E-state index contributed by atoms with van der Waals surface area (Å²) in [7, 11) is 0. The molecule has 27 heavy (non-hydrogen) atoms. The number of amides is 1. The maximum absolute atomic E-state index is 12.3. The van der Waals surface area contributed by atoms with E-state index in [1.807, 2.05) is 12.1 Å². The Kier molecular flexibility index (Phi) is 4.73. The van der Waals surface area contributed by atoms with Gasteiger partial charge in [-0.3, -0.25) is 4.79 Å². The second-order valence-electron chi connectivity index (χ2n) is 6.30. The Morgan fingerprint density at radius 1 is 1.26 bits per heavy atom. The van der Waals surface area contributed by atoms with Crippen LogP contribution >= 0.6 is 0 Å². The van der Waals surface area contributed by atoms with E-state index in [0.29, 0.717) is 17.5 Å². The Labute approximate surface area is 154 Å². The van der Waals surface area contributed by atoms with Crippen LogP contribution in [0.15, 0.2) is 29.3 Å². The maximum Gasteiger partial charge on any atom is 0.246 e. The molecular formula is C16H19N9O2. The molecule has 11 nitrogen and oxygen atoms in total. The number of carbonyl (C=O) groups excluding carboxylic acids is 1. The predicted molar refractivity (Wildman–Crippen MR) is 92.8 cm³/mol. The van der Waals surface area contributed by atoms with Crippen molar-refractivity contribution < 1.29 is 9.32 Å². The fourth-order valence-electron chi connectivity index (χ4n) is 3.03. The highest BCUT2D eigenvalue weighted by molar-refractivity contribution is 5.78. The van der Waals surface area contributed by atoms with E-state index in [-0.39, 0.29) is 18.4 Å². The Morgan fingerprint density at radius 3 is 2.67 bits per heavy atom. The maximum atomic E-state index is 12.3. The third kappa shape index (κ3) is 3.91. The van der Waals surface area contributed by atoms with Crippen molar-refractivity contribution in [2.45, 2.75) is 26.3 Å². The van der Waals surface area contributed by atoms with Crippen molar-refractivity contribution in [1.82, 2.24) is 40.4 Å². The van der Waals surface area contributed by atoms with E-state index in [9.17, 15) is 4.79 Å². The highest BCUT2D eigenvalue weighted by Crippen LogP contribution is 2.22. The Morgan fingerprint density at radius 2 is 2.04 bits per heavy atom. The number of nitrogens with one attached hydrogen (secondary N) is 1. The van der Waals surface area contributed by atoms with Crippen LogP contribution in [0.25, 0.3) is 5.82 Å². The Hall–Kier alpha value is -3.37. The molecule has 4 heterocycles. The third-order valence-electron chi connectivity index (χ3n) is 4.46. The Bertz CT molecular complexity index is 883. The van der Waals surface area contributed by atoms with Gasteiger partial charge in [-0.2, -0.15) is 10.1 Å². The molecule has 0 spiro atoms. The molecular weight excluding hydrogens is 350 g/mol. The molecule has 0 aliphatic carbocycles. The third-order valence-corrected chi connectivity index (χ3v) is 4.46. The number of piperidine rings is 1. The molecule has 4 rings (SSSR count). The summed E-state index contributed by atoms with van der Waals surface area (Å²) in [5.41, 5.74) is 0. The molecule has 1 amide bonds. The van der Waals surface area contributed by atoms with E-state index in [0.717, 1.165) is 31.7 Å². The summed E-state index contributed by atoms with van der Waals surface area (Å²) in [6.45, 7) is 3.49. The molecule has 1 saturated heterocycles. The smallest absolute Gasteiger partial charge is 0.246 e. The second-order valence-corrected chi connectivity index (χ2v) is 6.30. The SMILES string of the molecule is Cc1noc(CNC(=O)C2CCN(c3ccc(-n4cncn4)nn3)CC2)n1. The summed E-state index contributed by atoms with van der Waals surface area (Å²) in [5.74, 6) is 2.36. The van der Waals surface area contributed by atoms with Gasteiger partial charge in [0.1, 0.15) is 12.7 Å². The first-order valence-electron chi connectivity index (χ1n) is 8.69. The normalized spacial score (nSPS) is 15.1. The van der Waals surface area contributed by atoms with E-state index in [1.54, 1.807) is 17.9 Å². The summed E-state index contributed by atoms with van der Waals surface area (Å²) in [5, 5.41) is 19.0. The highest BCUT2D eigenvalue weighted by Gasteiger charge is 2.26. The largest absolute Gasteiger partial charge is 0.355 e. The number of carbonyl (C=O) groups is 1. The van der Waals surface area contributed by atoms with Gasteiger partial charge in [0.25, 0.3) is 0 Å². The minimum atomic E-state index is -0.0346.